The summed E-state index contributed by atoms with van der Waals surface area (Å²) in [6.07, 6.45) is 4.08. The van der Waals surface area contributed by atoms with E-state index in [1.165, 1.54) is 24.8 Å². The van der Waals surface area contributed by atoms with Crippen LogP contribution in [0, 0.1) is 0 Å². The summed E-state index contributed by atoms with van der Waals surface area (Å²) in [5.41, 5.74) is 1.87. The van der Waals surface area contributed by atoms with E-state index in [1.54, 1.807) is 0 Å². The van der Waals surface area contributed by atoms with Crippen LogP contribution < -0.4 is 5.32 Å². The lowest BCUT2D eigenvalue weighted by Crippen LogP contribution is -2.49. The Hall–Kier alpha value is -0.820. The summed E-state index contributed by atoms with van der Waals surface area (Å²) in [5, 5.41) is 3.69. The van der Waals surface area contributed by atoms with E-state index in [0.29, 0.717) is 11.5 Å². The molecule has 1 heteroatoms. The molecule has 1 N–H and O–H groups in total. The van der Waals surface area contributed by atoms with E-state index in [4.69, 9.17) is 0 Å². The van der Waals surface area contributed by atoms with Gasteiger partial charge in [-0.05, 0) is 37.7 Å². The molecule has 1 aromatic rings. The molecule has 0 aromatic heterocycles. The molecule has 1 unspecified atom stereocenters. The van der Waals surface area contributed by atoms with Crippen LogP contribution in [0.1, 0.15) is 44.6 Å². The monoisotopic (exact) mass is 203 g/mol. The average Bonchev–Trinajstić information content (AvgIpc) is 2.24. The normalized spacial score (nSPS) is 20.7. The van der Waals surface area contributed by atoms with Crippen molar-refractivity contribution in [3.63, 3.8) is 0 Å². The standard InChI is InChI=1S/C14H21N/c1-12(13-7-4-3-5-8-13)11-15-14(2)9-6-10-14/h3-5,7-8,12,15H,6,9-11H2,1-2H3. The van der Waals surface area contributed by atoms with E-state index in [-0.39, 0.29) is 0 Å². The van der Waals surface area contributed by atoms with Gasteiger partial charge in [-0.2, -0.15) is 0 Å². The highest BCUT2D eigenvalue weighted by Crippen LogP contribution is 2.31. The Morgan fingerprint density at radius 1 is 1.27 bits per heavy atom. The van der Waals surface area contributed by atoms with Gasteiger partial charge >= 0.3 is 0 Å². The molecule has 0 saturated heterocycles. The van der Waals surface area contributed by atoms with Crippen molar-refractivity contribution in [3.8, 4) is 0 Å². The molecule has 82 valence electrons. The second-order valence-corrected chi connectivity index (χ2v) is 5.11. The molecule has 1 aliphatic carbocycles. The first kappa shape index (κ1) is 10.7. The first-order valence-electron chi connectivity index (χ1n) is 6.00. The third kappa shape index (κ3) is 2.60. The third-order valence-electron chi connectivity index (χ3n) is 3.66. The molecule has 0 spiro atoms. The highest BCUT2D eigenvalue weighted by atomic mass is 15.0. The van der Waals surface area contributed by atoms with E-state index >= 15 is 0 Å². The van der Waals surface area contributed by atoms with Gasteiger partial charge in [0.15, 0.2) is 0 Å². The molecule has 2 rings (SSSR count). The molecule has 0 amide bonds. The highest BCUT2D eigenvalue weighted by Gasteiger charge is 2.31. The van der Waals surface area contributed by atoms with E-state index in [2.05, 4.69) is 49.5 Å². The number of hydrogen-bond acceptors (Lipinski definition) is 1. The largest absolute Gasteiger partial charge is 0.311 e. The zero-order valence-corrected chi connectivity index (χ0v) is 9.79. The minimum atomic E-state index is 0.434. The van der Waals surface area contributed by atoms with E-state index in [1.807, 2.05) is 0 Å². The summed E-state index contributed by atoms with van der Waals surface area (Å²) in [7, 11) is 0. The zero-order valence-electron chi connectivity index (χ0n) is 9.79. The SMILES string of the molecule is CC(CNC1(C)CCC1)c1ccccc1. The molecular weight excluding hydrogens is 182 g/mol. The van der Waals surface area contributed by atoms with Gasteiger partial charge < -0.3 is 5.32 Å². The number of benzene rings is 1. The lowest BCUT2D eigenvalue weighted by molar-refractivity contribution is 0.206. The molecule has 1 aromatic carbocycles. The van der Waals surface area contributed by atoms with Gasteiger partial charge in [-0.3, -0.25) is 0 Å². The van der Waals surface area contributed by atoms with E-state index in [9.17, 15) is 0 Å². The maximum absolute atomic E-state index is 3.69. The van der Waals surface area contributed by atoms with Gasteiger partial charge in [0.25, 0.3) is 0 Å². The fourth-order valence-electron chi connectivity index (χ4n) is 2.18. The Labute approximate surface area is 92.9 Å². The molecule has 15 heavy (non-hydrogen) atoms. The van der Waals surface area contributed by atoms with Crippen LogP contribution in [0.15, 0.2) is 30.3 Å². The van der Waals surface area contributed by atoms with Crippen LogP contribution in [0.25, 0.3) is 0 Å². The van der Waals surface area contributed by atoms with Crippen molar-refractivity contribution in [2.45, 2.75) is 44.6 Å². The van der Waals surface area contributed by atoms with Crippen LogP contribution in [-0.4, -0.2) is 12.1 Å². The Bertz CT molecular complexity index is 300. The second-order valence-electron chi connectivity index (χ2n) is 5.11. The van der Waals surface area contributed by atoms with Crippen molar-refractivity contribution in [1.29, 1.82) is 0 Å². The number of hydrogen-bond donors (Lipinski definition) is 1. The van der Waals surface area contributed by atoms with Crippen LogP contribution in [0.2, 0.25) is 0 Å². The molecule has 0 bridgehead atoms. The lowest BCUT2D eigenvalue weighted by atomic mass is 9.78. The summed E-state index contributed by atoms with van der Waals surface area (Å²) in [5.74, 6) is 0.614. The molecule has 0 radical (unpaired) electrons. The van der Waals surface area contributed by atoms with E-state index in [0.717, 1.165) is 6.54 Å². The highest BCUT2D eigenvalue weighted by molar-refractivity contribution is 5.19. The average molecular weight is 203 g/mol. The molecule has 1 aliphatic rings. The molecule has 1 nitrogen and oxygen atoms in total. The first-order chi connectivity index (χ1) is 7.20. The lowest BCUT2D eigenvalue weighted by Gasteiger charge is -2.40. The smallest absolute Gasteiger partial charge is 0.0153 e. The summed E-state index contributed by atoms with van der Waals surface area (Å²) in [4.78, 5) is 0. The van der Waals surface area contributed by atoms with Crippen molar-refractivity contribution in [2.75, 3.05) is 6.54 Å². The molecule has 1 atom stereocenters. The van der Waals surface area contributed by atoms with Crippen LogP contribution in [-0.2, 0) is 0 Å². The predicted molar refractivity (Wildman–Crippen MR) is 65.1 cm³/mol. The summed E-state index contributed by atoms with van der Waals surface area (Å²) in [6.45, 7) is 5.74. The van der Waals surface area contributed by atoms with E-state index < -0.39 is 0 Å². The molecule has 0 heterocycles. The van der Waals surface area contributed by atoms with Gasteiger partial charge in [-0.15, -0.1) is 0 Å². The maximum Gasteiger partial charge on any atom is 0.0153 e. The van der Waals surface area contributed by atoms with Crippen molar-refractivity contribution >= 4 is 0 Å². The minimum Gasteiger partial charge on any atom is -0.311 e. The van der Waals surface area contributed by atoms with Crippen LogP contribution in [0.3, 0.4) is 0 Å². The van der Waals surface area contributed by atoms with Crippen molar-refractivity contribution in [2.24, 2.45) is 0 Å². The second kappa shape index (κ2) is 4.36. The summed E-state index contributed by atoms with van der Waals surface area (Å²) < 4.78 is 0. The Kier molecular flexibility index (Phi) is 3.11. The third-order valence-corrected chi connectivity index (χ3v) is 3.66. The van der Waals surface area contributed by atoms with Gasteiger partial charge in [0.2, 0.25) is 0 Å². The van der Waals surface area contributed by atoms with Crippen LogP contribution in [0.5, 0.6) is 0 Å². The quantitative estimate of drug-likeness (QED) is 0.791. The Morgan fingerprint density at radius 2 is 1.93 bits per heavy atom. The predicted octanol–water partition coefficient (Wildman–Crippen LogP) is 3.32. The van der Waals surface area contributed by atoms with Crippen LogP contribution >= 0.6 is 0 Å². The fraction of sp³-hybridized carbons (Fsp3) is 0.571. The maximum atomic E-state index is 3.69. The summed E-state index contributed by atoms with van der Waals surface area (Å²) in [6, 6.07) is 10.8. The molecule has 0 aliphatic heterocycles. The first-order valence-corrected chi connectivity index (χ1v) is 6.00. The number of rotatable bonds is 4. The van der Waals surface area contributed by atoms with Gasteiger partial charge in [-0.1, -0.05) is 37.3 Å². The van der Waals surface area contributed by atoms with Crippen LogP contribution in [0.4, 0.5) is 0 Å². The topological polar surface area (TPSA) is 12.0 Å². The Morgan fingerprint density at radius 3 is 2.47 bits per heavy atom. The minimum absolute atomic E-state index is 0.434. The Balaban J connectivity index is 1.85. The van der Waals surface area contributed by atoms with Crippen molar-refractivity contribution in [1.82, 2.24) is 5.32 Å². The van der Waals surface area contributed by atoms with Crippen molar-refractivity contribution in [3.05, 3.63) is 35.9 Å². The number of nitrogens with one attached hydrogen (secondary N) is 1. The van der Waals surface area contributed by atoms with Gasteiger partial charge in [0.05, 0.1) is 0 Å². The molecule has 1 saturated carbocycles. The van der Waals surface area contributed by atoms with Gasteiger partial charge in [0, 0.05) is 12.1 Å². The molecular formula is C14H21N. The fourth-order valence-corrected chi connectivity index (χ4v) is 2.18. The van der Waals surface area contributed by atoms with Gasteiger partial charge in [-0.25, -0.2) is 0 Å². The summed E-state index contributed by atoms with van der Waals surface area (Å²) >= 11 is 0. The zero-order chi connectivity index (χ0) is 10.7. The van der Waals surface area contributed by atoms with Crippen molar-refractivity contribution < 1.29 is 0 Å². The van der Waals surface area contributed by atoms with Gasteiger partial charge in [0.1, 0.15) is 0 Å². The molecule has 1 fully saturated rings.